The van der Waals surface area contributed by atoms with E-state index in [4.69, 9.17) is 5.84 Å². The molecule has 3 N–H and O–H groups in total. The van der Waals surface area contributed by atoms with Crippen LogP contribution in [0.25, 0.3) is 0 Å². The Kier molecular flexibility index (Phi) is 4.81. The number of hydrogen-bond acceptors (Lipinski definition) is 2. The smallest absolute Gasteiger partial charge is 0.0301 e. The van der Waals surface area contributed by atoms with Gasteiger partial charge in [-0.15, -0.1) is 6.58 Å². The van der Waals surface area contributed by atoms with Crippen molar-refractivity contribution in [1.29, 1.82) is 0 Å². The molecule has 15 heavy (non-hydrogen) atoms. The fourth-order valence-electron chi connectivity index (χ4n) is 3.25. The number of rotatable bonds is 6. The van der Waals surface area contributed by atoms with Gasteiger partial charge in [0.1, 0.15) is 0 Å². The van der Waals surface area contributed by atoms with Gasteiger partial charge >= 0.3 is 0 Å². The van der Waals surface area contributed by atoms with Gasteiger partial charge in [-0.05, 0) is 37.0 Å². The second kappa shape index (κ2) is 5.66. The van der Waals surface area contributed by atoms with E-state index in [1.807, 2.05) is 6.08 Å². The molecular weight excluding hydrogens is 184 g/mol. The van der Waals surface area contributed by atoms with E-state index in [0.717, 1.165) is 12.3 Å². The molecule has 0 saturated heterocycles. The van der Waals surface area contributed by atoms with E-state index in [1.54, 1.807) is 0 Å². The summed E-state index contributed by atoms with van der Waals surface area (Å²) >= 11 is 0. The molecule has 0 radical (unpaired) electrons. The highest BCUT2D eigenvalue weighted by Gasteiger charge is 2.40. The molecule has 0 heterocycles. The molecule has 1 fully saturated rings. The van der Waals surface area contributed by atoms with Gasteiger partial charge in [-0.2, -0.15) is 0 Å². The van der Waals surface area contributed by atoms with Crippen molar-refractivity contribution in [2.75, 3.05) is 0 Å². The lowest BCUT2D eigenvalue weighted by atomic mass is 9.72. The minimum atomic E-state index is 0.417. The highest BCUT2D eigenvalue weighted by atomic mass is 15.2. The number of nitrogens with two attached hydrogens (primary N) is 1. The van der Waals surface area contributed by atoms with Gasteiger partial charge < -0.3 is 0 Å². The molecule has 0 amide bonds. The van der Waals surface area contributed by atoms with Crippen molar-refractivity contribution in [2.45, 2.75) is 58.4 Å². The maximum Gasteiger partial charge on any atom is 0.0301 e. The largest absolute Gasteiger partial charge is 0.271 e. The highest BCUT2D eigenvalue weighted by molar-refractivity contribution is 4.97. The van der Waals surface area contributed by atoms with Gasteiger partial charge in [0.05, 0.1) is 0 Å². The SMILES string of the molecule is C=CCC(NN)C1(CC(C)C)CCCC1. The number of hydrogen-bond donors (Lipinski definition) is 2. The van der Waals surface area contributed by atoms with Gasteiger partial charge in [-0.1, -0.05) is 32.8 Å². The lowest BCUT2D eigenvalue weighted by Gasteiger charge is -2.38. The van der Waals surface area contributed by atoms with Crippen molar-refractivity contribution in [3.63, 3.8) is 0 Å². The van der Waals surface area contributed by atoms with Crippen molar-refractivity contribution in [1.82, 2.24) is 5.43 Å². The Morgan fingerprint density at radius 2 is 2.00 bits per heavy atom. The quantitative estimate of drug-likeness (QED) is 0.402. The molecule has 2 nitrogen and oxygen atoms in total. The van der Waals surface area contributed by atoms with Crippen LogP contribution in [0, 0.1) is 11.3 Å². The van der Waals surface area contributed by atoms with Crippen molar-refractivity contribution in [2.24, 2.45) is 17.2 Å². The zero-order chi connectivity index (χ0) is 11.3. The third-order valence-corrected chi connectivity index (χ3v) is 3.76. The average molecular weight is 210 g/mol. The molecule has 88 valence electrons. The van der Waals surface area contributed by atoms with Gasteiger partial charge in [-0.25, -0.2) is 0 Å². The van der Waals surface area contributed by atoms with Crippen LogP contribution in [-0.2, 0) is 0 Å². The summed E-state index contributed by atoms with van der Waals surface area (Å²) in [4.78, 5) is 0. The summed E-state index contributed by atoms with van der Waals surface area (Å²) in [6, 6.07) is 0.417. The predicted octanol–water partition coefficient (Wildman–Crippen LogP) is 3.00. The third-order valence-electron chi connectivity index (χ3n) is 3.76. The molecule has 0 aromatic heterocycles. The molecule has 1 atom stereocenters. The first-order valence-corrected chi connectivity index (χ1v) is 6.21. The molecule has 1 unspecified atom stereocenters. The fourth-order valence-corrected chi connectivity index (χ4v) is 3.25. The zero-order valence-corrected chi connectivity index (χ0v) is 10.3. The molecule has 1 saturated carbocycles. The standard InChI is InChI=1S/C13H26N2/c1-4-7-12(15-14)13(10-11(2)3)8-5-6-9-13/h4,11-12,15H,1,5-10,14H2,2-3H3. The Hall–Kier alpha value is -0.340. The van der Waals surface area contributed by atoms with Crippen LogP contribution in [0.5, 0.6) is 0 Å². The van der Waals surface area contributed by atoms with E-state index < -0.39 is 0 Å². The summed E-state index contributed by atoms with van der Waals surface area (Å²) in [5, 5.41) is 0. The van der Waals surface area contributed by atoms with Crippen molar-refractivity contribution >= 4 is 0 Å². The van der Waals surface area contributed by atoms with Crippen LogP contribution < -0.4 is 11.3 Å². The van der Waals surface area contributed by atoms with Gasteiger partial charge in [0.2, 0.25) is 0 Å². The molecular formula is C13H26N2. The second-order valence-electron chi connectivity index (χ2n) is 5.41. The van der Waals surface area contributed by atoms with Gasteiger partial charge in [0.15, 0.2) is 0 Å². The van der Waals surface area contributed by atoms with Crippen LogP contribution in [0.4, 0.5) is 0 Å². The minimum absolute atomic E-state index is 0.417. The molecule has 1 aliphatic rings. The molecule has 1 rings (SSSR count). The monoisotopic (exact) mass is 210 g/mol. The lowest BCUT2D eigenvalue weighted by molar-refractivity contribution is 0.156. The normalized spacial score (nSPS) is 21.9. The Bertz CT molecular complexity index is 193. The van der Waals surface area contributed by atoms with Crippen molar-refractivity contribution < 1.29 is 0 Å². The molecule has 2 heteroatoms. The van der Waals surface area contributed by atoms with Crippen LogP contribution in [0.2, 0.25) is 0 Å². The topological polar surface area (TPSA) is 38.0 Å². The highest BCUT2D eigenvalue weighted by Crippen LogP contribution is 2.46. The molecule has 0 aromatic rings. The summed E-state index contributed by atoms with van der Waals surface area (Å²) < 4.78 is 0. The first kappa shape index (κ1) is 12.7. The summed E-state index contributed by atoms with van der Waals surface area (Å²) in [6.45, 7) is 8.45. The Balaban J connectivity index is 2.73. The third kappa shape index (κ3) is 3.05. The van der Waals surface area contributed by atoms with Crippen molar-refractivity contribution in [3.05, 3.63) is 12.7 Å². The average Bonchev–Trinajstić information content (AvgIpc) is 2.62. The van der Waals surface area contributed by atoms with E-state index >= 15 is 0 Å². The molecule has 0 aliphatic heterocycles. The first-order valence-electron chi connectivity index (χ1n) is 6.21. The summed E-state index contributed by atoms with van der Waals surface area (Å²) in [6.07, 6.45) is 9.65. The maximum atomic E-state index is 5.70. The van der Waals surface area contributed by atoms with Crippen LogP contribution in [-0.4, -0.2) is 6.04 Å². The summed E-state index contributed by atoms with van der Waals surface area (Å²) in [5.74, 6) is 6.46. The van der Waals surface area contributed by atoms with E-state index in [-0.39, 0.29) is 0 Å². The predicted molar refractivity (Wildman–Crippen MR) is 66.3 cm³/mol. The van der Waals surface area contributed by atoms with Gasteiger partial charge in [0, 0.05) is 6.04 Å². The molecule has 0 aromatic carbocycles. The van der Waals surface area contributed by atoms with E-state index in [0.29, 0.717) is 11.5 Å². The number of nitrogens with one attached hydrogen (secondary N) is 1. The summed E-state index contributed by atoms with van der Waals surface area (Å²) in [5.41, 5.74) is 3.45. The van der Waals surface area contributed by atoms with Crippen LogP contribution in [0.15, 0.2) is 12.7 Å². The maximum absolute atomic E-state index is 5.70. The van der Waals surface area contributed by atoms with E-state index in [9.17, 15) is 0 Å². The molecule has 1 aliphatic carbocycles. The van der Waals surface area contributed by atoms with Gasteiger partial charge in [-0.3, -0.25) is 11.3 Å². The summed E-state index contributed by atoms with van der Waals surface area (Å²) in [7, 11) is 0. The second-order valence-corrected chi connectivity index (χ2v) is 5.41. The Morgan fingerprint density at radius 3 is 2.40 bits per heavy atom. The van der Waals surface area contributed by atoms with E-state index in [1.165, 1.54) is 32.1 Å². The Labute approximate surface area is 94.3 Å². The number of hydrazine groups is 1. The molecule has 0 spiro atoms. The van der Waals surface area contributed by atoms with Crippen LogP contribution in [0.1, 0.15) is 52.4 Å². The molecule has 0 bridgehead atoms. The Morgan fingerprint density at radius 1 is 1.40 bits per heavy atom. The van der Waals surface area contributed by atoms with Gasteiger partial charge in [0.25, 0.3) is 0 Å². The zero-order valence-electron chi connectivity index (χ0n) is 10.3. The van der Waals surface area contributed by atoms with Crippen LogP contribution in [0.3, 0.4) is 0 Å². The fraction of sp³-hybridized carbons (Fsp3) is 0.846. The first-order chi connectivity index (χ1) is 7.14. The van der Waals surface area contributed by atoms with E-state index in [2.05, 4.69) is 25.9 Å². The minimum Gasteiger partial charge on any atom is -0.271 e. The van der Waals surface area contributed by atoms with Crippen LogP contribution >= 0.6 is 0 Å². The lowest BCUT2D eigenvalue weighted by Crippen LogP contribution is -2.47. The van der Waals surface area contributed by atoms with Crippen molar-refractivity contribution in [3.8, 4) is 0 Å².